The van der Waals surface area contributed by atoms with Crippen LogP contribution >= 0.6 is 11.6 Å². The molecule has 1 aliphatic carbocycles. The number of rotatable bonds is 0. The van der Waals surface area contributed by atoms with Crippen LogP contribution in [-0.2, 0) is 0 Å². The van der Waals surface area contributed by atoms with Gasteiger partial charge in [-0.2, -0.15) is 0 Å². The summed E-state index contributed by atoms with van der Waals surface area (Å²) in [5, 5.41) is 0. The Morgan fingerprint density at radius 2 is 2.78 bits per heavy atom. The van der Waals surface area contributed by atoms with E-state index < -0.39 is 11.7 Å². The fourth-order valence-electron chi connectivity index (χ4n) is 0.631. The first-order valence-corrected chi connectivity index (χ1v) is 3.07. The number of allylic oxidation sites excluding steroid dienone is 3. The minimum atomic E-state index is -2.18. The van der Waals surface area contributed by atoms with Crippen LogP contribution in [0.5, 0.6) is 0 Å². The predicted octanol–water partition coefficient (Wildman–Crippen LogP) is 1.79. The Labute approximate surface area is 64.4 Å². The summed E-state index contributed by atoms with van der Waals surface area (Å²) in [6.45, 7) is -2.18. The van der Waals surface area contributed by atoms with Crippen molar-refractivity contribution in [3.05, 3.63) is 23.9 Å². The molecule has 0 aliphatic heterocycles. The van der Waals surface area contributed by atoms with Crippen LogP contribution in [0.3, 0.4) is 0 Å². The van der Waals surface area contributed by atoms with Crippen LogP contribution in [0.2, 0.25) is 0 Å². The molecule has 1 atom stereocenters. The van der Waals surface area contributed by atoms with Crippen molar-refractivity contribution in [2.75, 3.05) is 0 Å². The summed E-state index contributed by atoms with van der Waals surface area (Å²) >= 11 is 5.87. The molecule has 0 fully saturated rings. The van der Waals surface area contributed by atoms with Crippen LogP contribution < -0.4 is 5.73 Å². The van der Waals surface area contributed by atoms with Crippen LogP contribution in [0.4, 0.5) is 0 Å². The van der Waals surface area contributed by atoms with E-state index in [4.69, 9.17) is 21.4 Å². The smallest absolute Gasteiger partial charge is 0.0636 e. The molecule has 0 amide bonds. The SMILES string of the molecule is [2H]C([2H])([2H])C1(Cl)C=CC(N)=CC1. The molecule has 0 spiro atoms. The number of hydrogen-bond acceptors (Lipinski definition) is 1. The average molecular weight is 147 g/mol. The van der Waals surface area contributed by atoms with Crippen LogP contribution in [0, 0.1) is 0 Å². The van der Waals surface area contributed by atoms with E-state index in [0.29, 0.717) is 5.70 Å². The Morgan fingerprint density at radius 3 is 3.22 bits per heavy atom. The van der Waals surface area contributed by atoms with Crippen molar-refractivity contribution in [1.29, 1.82) is 0 Å². The lowest BCUT2D eigenvalue weighted by molar-refractivity contribution is 0.775. The Balaban J connectivity index is 2.86. The van der Waals surface area contributed by atoms with E-state index >= 15 is 0 Å². The summed E-state index contributed by atoms with van der Waals surface area (Å²) in [6.07, 6.45) is 4.85. The Morgan fingerprint density at radius 1 is 2.00 bits per heavy atom. The molecule has 0 radical (unpaired) electrons. The standard InChI is InChI=1S/C7H10ClN/c1-7(8)4-2-6(9)3-5-7/h2-4H,5,9H2,1H3/i1D3. The molecular formula is C7H10ClN. The van der Waals surface area contributed by atoms with Crippen molar-refractivity contribution in [2.45, 2.75) is 18.1 Å². The second-order valence-electron chi connectivity index (χ2n) is 2.10. The number of nitrogens with two attached hydrogens (primary N) is 1. The van der Waals surface area contributed by atoms with Crippen molar-refractivity contribution in [3.63, 3.8) is 0 Å². The van der Waals surface area contributed by atoms with Gasteiger partial charge in [0.25, 0.3) is 0 Å². The number of halogens is 1. The van der Waals surface area contributed by atoms with Gasteiger partial charge < -0.3 is 5.73 Å². The maximum absolute atomic E-state index is 7.17. The molecule has 2 heteroatoms. The van der Waals surface area contributed by atoms with Gasteiger partial charge in [-0.05, 0) is 19.3 Å². The van der Waals surface area contributed by atoms with E-state index in [-0.39, 0.29) is 6.42 Å². The van der Waals surface area contributed by atoms with Crippen molar-refractivity contribution in [2.24, 2.45) is 5.73 Å². The molecule has 9 heavy (non-hydrogen) atoms. The zero-order chi connectivity index (χ0) is 9.41. The molecule has 0 aromatic rings. The lowest BCUT2D eigenvalue weighted by Gasteiger charge is -2.18. The largest absolute Gasteiger partial charge is 0.399 e. The van der Waals surface area contributed by atoms with Crippen LogP contribution in [0.15, 0.2) is 23.9 Å². The van der Waals surface area contributed by atoms with Crippen molar-refractivity contribution < 1.29 is 4.11 Å². The van der Waals surface area contributed by atoms with Gasteiger partial charge in [-0.3, -0.25) is 0 Å². The van der Waals surface area contributed by atoms with Gasteiger partial charge in [0.1, 0.15) is 0 Å². The van der Waals surface area contributed by atoms with Gasteiger partial charge in [-0.25, -0.2) is 0 Å². The highest BCUT2D eigenvalue weighted by Crippen LogP contribution is 2.25. The summed E-state index contributed by atoms with van der Waals surface area (Å²) in [5.74, 6) is 0. The topological polar surface area (TPSA) is 26.0 Å². The summed E-state index contributed by atoms with van der Waals surface area (Å²) < 4.78 is 21.5. The summed E-state index contributed by atoms with van der Waals surface area (Å²) in [5.41, 5.74) is 6.00. The van der Waals surface area contributed by atoms with E-state index in [1.54, 1.807) is 6.08 Å². The Hall–Kier alpha value is -0.430. The first-order chi connectivity index (χ1) is 5.35. The first-order valence-electron chi connectivity index (χ1n) is 4.19. The zero-order valence-electron chi connectivity index (χ0n) is 7.89. The Kier molecular flexibility index (Phi) is 0.843. The second-order valence-corrected chi connectivity index (χ2v) is 2.78. The van der Waals surface area contributed by atoms with Crippen LogP contribution in [0.25, 0.3) is 0 Å². The third-order valence-corrected chi connectivity index (χ3v) is 1.46. The summed E-state index contributed by atoms with van der Waals surface area (Å²) in [4.78, 5) is -1.27. The van der Waals surface area contributed by atoms with Crippen molar-refractivity contribution in [1.82, 2.24) is 0 Å². The van der Waals surface area contributed by atoms with Crippen LogP contribution in [0.1, 0.15) is 17.4 Å². The van der Waals surface area contributed by atoms with Gasteiger partial charge in [0.2, 0.25) is 0 Å². The van der Waals surface area contributed by atoms with Gasteiger partial charge in [-0.1, -0.05) is 12.2 Å². The van der Waals surface area contributed by atoms with E-state index in [0.717, 1.165) is 0 Å². The molecule has 1 rings (SSSR count). The van der Waals surface area contributed by atoms with E-state index in [2.05, 4.69) is 0 Å². The molecule has 50 valence electrons. The quantitative estimate of drug-likeness (QED) is 0.518. The van der Waals surface area contributed by atoms with Gasteiger partial charge in [0.05, 0.1) is 4.87 Å². The maximum Gasteiger partial charge on any atom is 0.0636 e. The third-order valence-electron chi connectivity index (χ3n) is 1.17. The molecule has 0 saturated heterocycles. The van der Waals surface area contributed by atoms with Gasteiger partial charge in [0.15, 0.2) is 0 Å². The molecule has 0 aromatic carbocycles. The molecule has 1 nitrogen and oxygen atoms in total. The first kappa shape index (κ1) is 3.67. The van der Waals surface area contributed by atoms with E-state index in [1.165, 1.54) is 12.2 Å². The van der Waals surface area contributed by atoms with Gasteiger partial charge >= 0.3 is 0 Å². The average Bonchev–Trinajstić information content (AvgIpc) is 1.93. The normalized spacial score (nSPS) is 40.6. The molecular weight excluding hydrogens is 134 g/mol. The molecule has 1 unspecified atom stereocenters. The summed E-state index contributed by atoms with van der Waals surface area (Å²) in [6, 6.07) is 0. The summed E-state index contributed by atoms with van der Waals surface area (Å²) in [7, 11) is 0. The van der Waals surface area contributed by atoms with Gasteiger partial charge in [0, 0.05) is 9.81 Å². The third kappa shape index (κ3) is 1.75. The highest BCUT2D eigenvalue weighted by molar-refractivity contribution is 6.25. The Bertz CT molecular complexity index is 244. The minimum Gasteiger partial charge on any atom is -0.399 e. The van der Waals surface area contributed by atoms with Crippen molar-refractivity contribution >= 4 is 11.6 Å². The molecule has 0 saturated carbocycles. The zero-order valence-corrected chi connectivity index (χ0v) is 5.65. The number of hydrogen-bond donors (Lipinski definition) is 1. The maximum atomic E-state index is 7.17. The highest BCUT2D eigenvalue weighted by Gasteiger charge is 2.17. The van der Waals surface area contributed by atoms with E-state index in [1.807, 2.05) is 0 Å². The van der Waals surface area contributed by atoms with Crippen molar-refractivity contribution in [3.8, 4) is 0 Å². The molecule has 0 aromatic heterocycles. The number of alkyl halides is 1. The monoisotopic (exact) mass is 146 g/mol. The highest BCUT2D eigenvalue weighted by atomic mass is 35.5. The van der Waals surface area contributed by atoms with Crippen LogP contribution in [-0.4, -0.2) is 4.87 Å². The fraction of sp³-hybridized carbons (Fsp3) is 0.429. The molecule has 0 bridgehead atoms. The van der Waals surface area contributed by atoms with Gasteiger partial charge in [-0.15, -0.1) is 11.6 Å². The molecule has 1 aliphatic rings. The molecule has 0 heterocycles. The lowest BCUT2D eigenvalue weighted by Crippen LogP contribution is -2.15. The predicted molar refractivity (Wildman–Crippen MR) is 40.3 cm³/mol. The van der Waals surface area contributed by atoms with E-state index in [9.17, 15) is 0 Å². The lowest BCUT2D eigenvalue weighted by atomic mass is 10.0. The second kappa shape index (κ2) is 2.07. The minimum absolute atomic E-state index is 0.257. The molecule has 2 N–H and O–H groups in total. The fourth-order valence-corrected chi connectivity index (χ4v) is 0.771.